The fraction of sp³-hybridized carbons (Fsp3) is 0.200. The van der Waals surface area contributed by atoms with Crippen LogP contribution in [0, 0.1) is 6.92 Å². The molecule has 0 aromatic heterocycles. The molecule has 4 aliphatic rings. The van der Waals surface area contributed by atoms with Gasteiger partial charge in [0.05, 0.1) is 0 Å². The maximum atomic E-state index is 6.89. The van der Waals surface area contributed by atoms with E-state index in [-0.39, 0.29) is 23.1 Å². The van der Waals surface area contributed by atoms with Crippen LogP contribution in [0.5, 0.6) is 11.5 Å². The first kappa shape index (κ1) is 39.6. The van der Waals surface area contributed by atoms with Crippen molar-refractivity contribution in [2.45, 2.75) is 77.6 Å². The van der Waals surface area contributed by atoms with Crippen LogP contribution in [0.1, 0.15) is 82.2 Å². The van der Waals surface area contributed by atoms with Crippen molar-refractivity contribution in [3.8, 4) is 22.6 Å². The Hall–Kier alpha value is -6.98. The van der Waals surface area contributed by atoms with Crippen LogP contribution in [0.2, 0.25) is 0 Å². The first-order valence-electron chi connectivity index (χ1n) is 23.3. The van der Waals surface area contributed by atoms with Crippen LogP contribution >= 0.6 is 0 Å². The Bertz CT molecular complexity index is 3150. The first-order valence-corrected chi connectivity index (χ1v) is 23.3. The standard InChI is InChI=1S/C60H54BN3O/c1-39-33-46-45-37-56-50(60(6,7)48-25-17-18-26-55(48)65-56)38-53(45)64(42-23-15-10-16-24-42)61-51-36-44(62(40-19-11-8-12-20-40)41-21-13-9-14-22-41)28-30-52(51)63(54(34-39)57(46)61)43-27-29-47-49(35-43)59(4,5)32-31-58(47,2)3/h8-30,33-38H,31-32H2,1-7H3. The Balaban J connectivity index is 1.17. The smallest absolute Gasteiger partial charge is 0.333 e. The average molecular weight is 844 g/mol. The third-order valence-electron chi connectivity index (χ3n) is 15.1. The Morgan fingerprint density at radius 3 is 1.83 bits per heavy atom. The highest BCUT2D eigenvalue weighted by atomic mass is 16.5. The number of hydrogen-bond donors (Lipinski definition) is 0. The Labute approximate surface area is 384 Å². The molecule has 0 amide bonds. The lowest BCUT2D eigenvalue weighted by Gasteiger charge is -2.47. The highest BCUT2D eigenvalue weighted by Gasteiger charge is 2.47. The molecule has 0 unspecified atom stereocenters. The topological polar surface area (TPSA) is 19.0 Å². The van der Waals surface area contributed by atoms with E-state index in [0.717, 1.165) is 40.7 Å². The van der Waals surface area contributed by atoms with Gasteiger partial charge >= 0.3 is 6.85 Å². The van der Waals surface area contributed by atoms with Gasteiger partial charge in [-0.05, 0) is 155 Å². The maximum Gasteiger partial charge on any atom is 0.333 e. The average Bonchev–Trinajstić information content (AvgIpc) is 3.31. The van der Waals surface area contributed by atoms with E-state index in [4.69, 9.17) is 4.74 Å². The number of hydrogen-bond acceptors (Lipinski definition) is 4. The Morgan fingerprint density at radius 2 is 1.12 bits per heavy atom. The van der Waals surface area contributed by atoms with E-state index in [1.165, 1.54) is 79.0 Å². The highest BCUT2D eigenvalue weighted by molar-refractivity contribution is 6.93. The van der Waals surface area contributed by atoms with Crippen LogP contribution < -0.4 is 30.3 Å². The lowest BCUT2D eigenvalue weighted by molar-refractivity contribution is 0.332. The van der Waals surface area contributed by atoms with Gasteiger partial charge in [-0.15, -0.1) is 0 Å². The molecule has 0 bridgehead atoms. The molecule has 0 fully saturated rings. The van der Waals surface area contributed by atoms with Gasteiger partial charge in [0.25, 0.3) is 0 Å². The van der Waals surface area contributed by atoms with Crippen LogP contribution in [0.15, 0.2) is 176 Å². The zero-order valence-corrected chi connectivity index (χ0v) is 38.5. The molecule has 5 heteroatoms. The van der Waals surface area contributed by atoms with Gasteiger partial charge in [-0.25, -0.2) is 0 Å². The lowest BCUT2D eigenvalue weighted by atomic mass is 9.43. The van der Waals surface area contributed by atoms with Crippen molar-refractivity contribution in [1.82, 2.24) is 0 Å². The summed E-state index contributed by atoms with van der Waals surface area (Å²) in [6, 6.07) is 65.4. The second-order valence-electron chi connectivity index (χ2n) is 20.5. The minimum Gasteiger partial charge on any atom is -0.457 e. The van der Waals surface area contributed by atoms with Crippen LogP contribution in [0.3, 0.4) is 0 Å². The molecular formula is C60H54BN3O. The summed E-state index contributed by atoms with van der Waals surface area (Å²) < 4.78 is 6.89. The largest absolute Gasteiger partial charge is 0.457 e. The molecule has 318 valence electrons. The molecule has 4 nitrogen and oxygen atoms in total. The Kier molecular flexibility index (Phi) is 8.69. The number of fused-ring (bicyclic) bond motifs is 7. The minimum absolute atomic E-state index is 0.0539. The quantitative estimate of drug-likeness (QED) is 0.161. The maximum absolute atomic E-state index is 6.89. The molecule has 0 saturated heterocycles. The van der Waals surface area contributed by atoms with Crippen LogP contribution in [0.25, 0.3) is 11.1 Å². The van der Waals surface area contributed by atoms with Gasteiger partial charge in [0.15, 0.2) is 0 Å². The molecule has 8 aromatic rings. The summed E-state index contributed by atoms with van der Waals surface area (Å²) in [7, 11) is 0. The van der Waals surface area contributed by atoms with Crippen LogP contribution in [-0.2, 0) is 16.2 Å². The number of para-hydroxylation sites is 4. The number of benzene rings is 8. The molecule has 65 heavy (non-hydrogen) atoms. The summed E-state index contributed by atoms with van der Waals surface area (Å²) in [5.41, 5.74) is 20.7. The minimum atomic E-state index is -0.283. The molecular weight excluding hydrogens is 789 g/mol. The molecule has 1 aliphatic carbocycles. The van der Waals surface area contributed by atoms with Crippen LogP contribution in [0.4, 0.5) is 45.5 Å². The predicted octanol–water partition coefficient (Wildman–Crippen LogP) is 15.0. The second-order valence-corrected chi connectivity index (χ2v) is 20.5. The van der Waals surface area contributed by atoms with E-state index in [2.05, 4.69) is 239 Å². The van der Waals surface area contributed by atoms with Gasteiger partial charge < -0.3 is 19.3 Å². The highest BCUT2D eigenvalue weighted by Crippen LogP contribution is 2.55. The molecule has 0 N–H and O–H groups in total. The summed E-state index contributed by atoms with van der Waals surface area (Å²) >= 11 is 0. The first-order chi connectivity index (χ1) is 31.4. The monoisotopic (exact) mass is 843 g/mol. The molecule has 0 radical (unpaired) electrons. The number of nitrogens with zero attached hydrogens (tertiary/aromatic N) is 3. The van der Waals surface area contributed by atoms with Gasteiger partial charge in [-0.2, -0.15) is 0 Å². The van der Waals surface area contributed by atoms with Gasteiger partial charge in [0.1, 0.15) is 11.5 Å². The Morgan fingerprint density at radius 1 is 0.477 bits per heavy atom. The zero-order valence-electron chi connectivity index (χ0n) is 38.5. The van der Waals surface area contributed by atoms with E-state index in [1.807, 2.05) is 0 Å². The summed E-state index contributed by atoms with van der Waals surface area (Å²) in [6.07, 6.45) is 2.34. The number of anilines is 8. The molecule has 0 atom stereocenters. The van der Waals surface area contributed by atoms with Crippen molar-refractivity contribution >= 4 is 63.3 Å². The fourth-order valence-corrected chi connectivity index (χ4v) is 11.6. The van der Waals surface area contributed by atoms with Crippen LogP contribution in [-0.4, -0.2) is 6.85 Å². The SMILES string of the molecule is Cc1cc2c3c(c1)N(c1ccc4c(c1)C(C)(C)CCC4(C)C)c1ccc(N(c4ccccc4)c4ccccc4)cc1B3N(c1ccccc1)c1cc3c(cc1-2)Oc1ccccc1C3(C)C. The summed E-state index contributed by atoms with van der Waals surface area (Å²) in [5, 5.41) is 0. The molecule has 12 rings (SSSR count). The van der Waals surface area contributed by atoms with Crippen molar-refractivity contribution < 1.29 is 4.74 Å². The molecule has 0 saturated carbocycles. The normalized spacial score (nSPS) is 16.5. The third-order valence-corrected chi connectivity index (χ3v) is 15.1. The third kappa shape index (κ3) is 6.04. The summed E-state index contributed by atoms with van der Waals surface area (Å²) in [5.74, 6) is 1.85. The van der Waals surface area contributed by atoms with Crippen molar-refractivity contribution in [2.24, 2.45) is 0 Å². The van der Waals surface area contributed by atoms with E-state index in [1.54, 1.807) is 0 Å². The van der Waals surface area contributed by atoms with Gasteiger partial charge in [-0.3, -0.25) is 0 Å². The number of aryl methyl sites for hydroxylation is 1. The summed E-state index contributed by atoms with van der Waals surface area (Å²) in [4.78, 5) is 7.61. The molecule has 8 aromatic carbocycles. The molecule has 3 heterocycles. The number of rotatable bonds is 5. The van der Waals surface area contributed by atoms with Gasteiger partial charge in [-0.1, -0.05) is 126 Å². The fourth-order valence-electron chi connectivity index (χ4n) is 11.6. The predicted molar refractivity (Wildman–Crippen MR) is 274 cm³/mol. The van der Waals surface area contributed by atoms with E-state index in [0.29, 0.717) is 0 Å². The zero-order chi connectivity index (χ0) is 44.4. The second kappa shape index (κ2) is 14.3. The molecule has 0 spiro atoms. The van der Waals surface area contributed by atoms with Crippen molar-refractivity contribution in [2.75, 3.05) is 14.6 Å². The van der Waals surface area contributed by atoms with E-state index < -0.39 is 0 Å². The van der Waals surface area contributed by atoms with Crippen molar-refractivity contribution in [3.05, 3.63) is 204 Å². The molecule has 3 aliphatic heterocycles. The van der Waals surface area contributed by atoms with Crippen molar-refractivity contribution in [3.63, 3.8) is 0 Å². The number of ether oxygens (including phenoxy) is 1. The van der Waals surface area contributed by atoms with E-state index in [9.17, 15) is 0 Å². The lowest BCUT2D eigenvalue weighted by Crippen LogP contribution is -2.61. The van der Waals surface area contributed by atoms with Gasteiger partial charge in [0.2, 0.25) is 0 Å². The van der Waals surface area contributed by atoms with Gasteiger partial charge in [0, 0.05) is 67.6 Å². The van der Waals surface area contributed by atoms with E-state index >= 15 is 0 Å². The van der Waals surface area contributed by atoms with Crippen molar-refractivity contribution in [1.29, 1.82) is 0 Å². The summed E-state index contributed by atoms with van der Waals surface area (Å²) in [6.45, 7) is 16.5.